The van der Waals surface area contributed by atoms with Gasteiger partial charge in [0, 0.05) is 36.1 Å². The van der Waals surface area contributed by atoms with Crippen LogP contribution < -0.4 is 10.6 Å². The summed E-state index contributed by atoms with van der Waals surface area (Å²) in [5.74, 6) is -0.712. The number of amides is 2. The van der Waals surface area contributed by atoms with Gasteiger partial charge in [0.15, 0.2) is 0 Å². The fourth-order valence-electron chi connectivity index (χ4n) is 5.57. The molecule has 2 fully saturated rings. The second-order valence-electron chi connectivity index (χ2n) is 10.5. The molecule has 2 aliphatic heterocycles. The third-order valence-electron chi connectivity index (χ3n) is 7.95. The Morgan fingerprint density at radius 1 is 1.17 bits per heavy atom. The van der Waals surface area contributed by atoms with Crippen molar-refractivity contribution in [1.82, 2.24) is 25.5 Å². The predicted molar refractivity (Wildman–Crippen MR) is 156 cm³/mol. The summed E-state index contributed by atoms with van der Waals surface area (Å²) in [6.07, 6.45) is 3.11. The molecule has 0 aliphatic carbocycles. The second-order valence-corrected chi connectivity index (χ2v) is 11.4. The summed E-state index contributed by atoms with van der Waals surface area (Å²) in [7, 11) is 1.73. The van der Waals surface area contributed by atoms with E-state index in [1.54, 1.807) is 27.0 Å². The highest BCUT2D eigenvalue weighted by atomic mass is 32.1. The van der Waals surface area contributed by atoms with E-state index in [0.717, 1.165) is 47.3 Å². The normalized spacial score (nSPS) is 19.2. The Balaban J connectivity index is 1.44. The van der Waals surface area contributed by atoms with Crippen molar-refractivity contribution in [2.45, 2.75) is 57.7 Å². The van der Waals surface area contributed by atoms with E-state index in [2.05, 4.69) is 15.6 Å². The van der Waals surface area contributed by atoms with Crippen LogP contribution in [0.2, 0.25) is 0 Å². The Kier molecular flexibility index (Phi) is 9.26. The van der Waals surface area contributed by atoms with Gasteiger partial charge in [-0.15, -0.1) is 11.3 Å². The minimum Gasteiger partial charge on any atom is -0.461 e. The van der Waals surface area contributed by atoms with E-state index in [4.69, 9.17) is 14.5 Å². The zero-order chi connectivity index (χ0) is 28.9. The monoisotopic (exact) mass is 579 g/mol. The van der Waals surface area contributed by atoms with Crippen molar-refractivity contribution in [3.05, 3.63) is 46.4 Å². The number of thiazole rings is 1. The van der Waals surface area contributed by atoms with Crippen LogP contribution in [0.15, 0.2) is 35.7 Å². The Labute approximate surface area is 243 Å². The van der Waals surface area contributed by atoms with Gasteiger partial charge in [-0.25, -0.2) is 14.8 Å². The molecule has 3 aromatic rings. The van der Waals surface area contributed by atoms with Crippen LogP contribution in [0.3, 0.4) is 0 Å². The number of rotatable bonds is 9. The minimum atomic E-state index is -0.612. The summed E-state index contributed by atoms with van der Waals surface area (Å²) in [6.45, 7) is 5.59. The number of hydrogen-bond acceptors (Lipinski definition) is 9. The zero-order valence-corrected chi connectivity index (χ0v) is 24.5. The number of esters is 1. The number of nitrogens with one attached hydrogen (secondary N) is 2. The number of carbonyl (C=O) groups is 3. The van der Waals surface area contributed by atoms with Crippen molar-refractivity contribution in [3.8, 4) is 11.3 Å². The fourth-order valence-corrected chi connectivity index (χ4v) is 6.53. The molecule has 0 saturated carbocycles. The van der Waals surface area contributed by atoms with Gasteiger partial charge < -0.3 is 25.0 Å². The first-order valence-electron chi connectivity index (χ1n) is 14.3. The van der Waals surface area contributed by atoms with Crippen molar-refractivity contribution in [2.75, 3.05) is 33.4 Å². The number of para-hydroxylation sites is 1. The van der Waals surface area contributed by atoms with E-state index < -0.39 is 18.1 Å². The highest BCUT2D eigenvalue weighted by molar-refractivity contribution is 7.10. The highest BCUT2D eigenvalue weighted by Gasteiger charge is 2.40. The van der Waals surface area contributed by atoms with E-state index >= 15 is 0 Å². The van der Waals surface area contributed by atoms with Crippen molar-refractivity contribution in [2.24, 2.45) is 5.92 Å². The van der Waals surface area contributed by atoms with Gasteiger partial charge in [-0.1, -0.05) is 18.2 Å². The SMILES string of the molecule is CCOC(=O)c1cc(-c2csc([C@@H]3CCCN3C(=O)[C@@H](NC(=O)[C@H](C)NC)C3CCOCC3)n2)c2ccccc2n1. The summed E-state index contributed by atoms with van der Waals surface area (Å²) in [6, 6.07) is 8.18. The zero-order valence-electron chi connectivity index (χ0n) is 23.7. The van der Waals surface area contributed by atoms with Crippen molar-refractivity contribution >= 4 is 40.0 Å². The van der Waals surface area contributed by atoms with Crippen LogP contribution in [0.5, 0.6) is 0 Å². The van der Waals surface area contributed by atoms with Crippen LogP contribution in [0, 0.1) is 5.92 Å². The second kappa shape index (κ2) is 13.1. The van der Waals surface area contributed by atoms with Gasteiger partial charge >= 0.3 is 5.97 Å². The fraction of sp³-hybridized carbons (Fsp3) is 0.500. The maximum Gasteiger partial charge on any atom is 0.356 e. The summed E-state index contributed by atoms with van der Waals surface area (Å²) >= 11 is 1.51. The third kappa shape index (κ3) is 6.27. The smallest absolute Gasteiger partial charge is 0.356 e. The van der Waals surface area contributed by atoms with Gasteiger partial charge in [-0.2, -0.15) is 0 Å². The van der Waals surface area contributed by atoms with Crippen molar-refractivity contribution in [3.63, 3.8) is 0 Å². The average molecular weight is 580 g/mol. The van der Waals surface area contributed by atoms with Gasteiger partial charge in [0.1, 0.15) is 16.7 Å². The summed E-state index contributed by atoms with van der Waals surface area (Å²) in [4.78, 5) is 50.9. The molecule has 0 bridgehead atoms. The molecule has 2 N–H and O–H groups in total. The first-order chi connectivity index (χ1) is 19.9. The Morgan fingerprint density at radius 2 is 1.95 bits per heavy atom. The van der Waals surface area contributed by atoms with Gasteiger partial charge in [0.25, 0.3) is 0 Å². The maximum absolute atomic E-state index is 14.1. The lowest BCUT2D eigenvalue weighted by molar-refractivity contribution is -0.140. The van der Waals surface area contributed by atoms with Crippen LogP contribution in [0.25, 0.3) is 22.2 Å². The number of nitrogens with zero attached hydrogens (tertiary/aromatic N) is 3. The van der Waals surface area contributed by atoms with Crippen LogP contribution in [0.1, 0.15) is 61.1 Å². The molecule has 0 radical (unpaired) electrons. The number of ether oxygens (including phenoxy) is 2. The van der Waals surface area contributed by atoms with Gasteiger partial charge in [0.05, 0.1) is 29.9 Å². The number of likely N-dealkylation sites (N-methyl/N-ethyl adjacent to an activating group) is 1. The van der Waals surface area contributed by atoms with Crippen LogP contribution in [0.4, 0.5) is 0 Å². The van der Waals surface area contributed by atoms with Crippen molar-refractivity contribution in [1.29, 1.82) is 0 Å². The topological polar surface area (TPSA) is 123 Å². The Hall–Kier alpha value is -3.41. The summed E-state index contributed by atoms with van der Waals surface area (Å²) in [5, 5.41) is 9.71. The molecule has 41 heavy (non-hydrogen) atoms. The first-order valence-corrected chi connectivity index (χ1v) is 15.2. The lowest BCUT2D eigenvalue weighted by Gasteiger charge is -2.35. The Bertz CT molecular complexity index is 1400. The Morgan fingerprint density at radius 3 is 2.71 bits per heavy atom. The number of fused-ring (bicyclic) bond motifs is 1. The van der Waals surface area contributed by atoms with Gasteiger partial charge in [-0.3, -0.25) is 9.59 Å². The largest absolute Gasteiger partial charge is 0.461 e. The molecule has 5 rings (SSSR count). The summed E-state index contributed by atoms with van der Waals surface area (Å²) < 4.78 is 10.8. The molecular formula is C30H37N5O5S. The number of pyridine rings is 1. The molecule has 218 valence electrons. The van der Waals surface area contributed by atoms with Crippen molar-refractivity contribution < 1.29 is 23.9 Å². The third-order valence-corrected chi connectivity index (χ3v) is 8.89. The minimum absolute atomic E-state index is 0.0156. The molecule has 0 spiro atoms. The summed E-state index contributed by atoms with van der Waals surface area (Å²) in [5.41, 5.74) is 2.45. The molecule has 2 amide bonds. The highest BCUT2D eigenvalue weighted by Crippen LogP contribution is 2.38. The molecule has 2 saturated heterocycles. The number of benzene rings is 1. The first kappa shape index (κ1) is 29.1. The van der Waals surface area contributed by atoms with Gasteiger partial charge in [0.2, 0.25) is 11.8 Å². The quantitative estimate of drug-likeness (QED) is 0.368. The standard InChI is InChI=1S/C30H37N5O5S/c1-4-40-30(38)23-16-21(20-8-5-6-9-22(20)32-23)24-17-41-28(33-24)25-10-7-13-35(25)29(37)26(19-11-14-39-15-12-19)34-27(36)18(2)31-3/h5-6,8-9,16-19,25-26,31H,4,7,10-15H2,1-3H3,(H,34,36)/t18-,25-,26-/m0/s1. The lowest BCUT2D eigenvalue weighted by atomic mass is 9.90. The molecule has 2 aromatic heterocycles. The predicted octanol–water partition coefficient (Wildman–Crippen LogP) is 3.72. The van der Waals surface area contributed by atoms with E-state index in [9.17, 15) is 14.4 Å². The lowest BCUT2D eigenvalue weighted by Crippen LogP contribution is -2.56. The average Bonchev–Trinajstić information content (AvgIpc) is 3.69. The molecule has 2 aliphatic rings. The van der Waals surface area contributed by atoms with E-state index in [1.807, 2.05) is 34.5 Å². The molecule has 1 aromatic carbocycles. The number of likely N-dealkylation sites (tertiary alicyclic amines) is 1. The molecule has 11 heteroatoms. The van der Waals surface area contributed by atoms with E-state index in [-0.39, 0.29) is 36.1 Å². The van der Waals surface area contributed by atoms with Gasteiger partial charge in [-0.05, 0) is 64.6 Å². The number of aromatic nitrogens is 2. The van der Waals surface area contributed by atoms with E-state index in [1.165, 1.54) is 11.3 Å². The molecule has 10 nitrogen and oxygen atoms in total. The van der Waals surface area contributed by atoms with E-state index in [0.29, 0.717) is 25.3 Å². The molecule has 3 atom stereocenters. The number of carbonyl (C=O) groups excluding carboxylic acids is 3. The molecule has 0 unspecified atom stereocenters. The number of hydrogen-bond donors (Lipinski definition) is 2. The molecular weight excluding hydrogens is 542 g/mol. The van der Waals surface area contributed by atoms with Crippen LogP contribution >= 0.6 is 11.3 Å². The maximum atomic E-state index is 14.1. The van der Waals surface area contributed by atoms with Crippen LogP contribution in [-0.2, 0) is 19.1 Å². The molecule has 4 heterocycles. The van der Waals surface area contributed by atoms with Crippen LogP contribution in [-0.4, -0.2) is 78.1 Å².